The van der Waals surface area contributed by atoms with Crippen LogP contribution in [0.25, 0.3) is 5.95 Å². The molecule has 0 radical (unpaired) electrons. The Balaban J connectivity index is 1.90. The van der Waals surface area contributed by atoms with Crippen LogP contribution in [0.2, 0.25) is 0 Å². The molecule has 0 spiro atoms. The molecule has 170 valence electrons. The van der Waals surface area contributed by atoms with Crippen LogP contribution in [0.1, 0.15) is 40.3 Å². The van der Waals surface area contributed by atoms with Crippen LogP contribution in [0.4, 0.5) is 32.3 Å². The number of halogens is 6. The standard InChI is InChI=1S/C18H15F6N7O/c1-9(13-29-15(25-2)31(30-13)16-26-4-3-5-27-16)28-14(32)10-6-11(17(19,20)21)8-12(7-10)18(22,23)24/h3-9H,1-2H3,(H,28,32)(H,25,29,30)/t9-/m0/s1. The van der Waals surface area contributed by atoms with Crippen molar-refractivity contribution in [3.8, 4) is 5.95 Å². The third-order valence-corrected chi connectivity index (χ3v) is 4.17. The maximum atomic E-state index is 13.0. The molecule has 14 heteroatoms. The number of nitrogens with one attached hydrogen (secondary N) is 2. The van der Waals surface area contributed by atoms with Crippen LogP contribution in [0.5, 0.6) is 0 Å². The van der Waals surface area contributed by atoms with Crippen LogP contribution in [0, 0.1) is 0 Å². The molecule has 2 heterocycles. The van der Waals surface area contributed by atoms with E-state index in [4.69, 9.17) is 0 Å². The van der Waals surface area contributed by atoms with Crippen LogP contribution >= 0.6 is 0 Å². The predicted octanol–water partition coefficient (Wildman–Crippen LogP) is 3.63. The number of carbonyl (C=O) groups is 1. The number of anilines is 1. The van der Waals surface area contributed by atoms with Gasteiger partial charge >= 0.3 is 12.4 Å². The topological polar surface area (TPSA) is 97.6 Å². The normalized spacial score (nSPS) is 13.0. The first kappa shape index (κ1) is 23.0. The highest BCUT2D eigenvalue weighted by atomic mass is 19.4. The largest absolute Gasteiger partial charge is 0.416 e. The molecule has 0 fully saturated rings. The molecule has 0 aliphatic carbocycles. The number of amides is 1. The molecule has 0 bridgehead atoms. The summed E-state index contributed by atoms with van der Waals surface area (Å²) in [5, 5.41) is 9.21. The summed E-state index contributed by atoms with van der Waals surface area (Å²) in [5.41, 5.74) is -3.99. The summed E-state index contributed by atoms with van der Waals surface area (Å²) in [4.78, 5) is 24.6. The van der Waals surface area contributed by atoms with E-state index >= 15 is 0 Å². The number of hydrogen-bond acceptors (Lipinski definition) is 6. The highest BCUT2D eigenvalue weighted by Gasteiger charge is 2.37. The molecule has 3 rings (SSSR count). The Morgan fingerprint density at radius 1 is 1.00 bits per heavy atom. The van der Waals surface area contributed by atoms with Crippen molar-refractivity contribution in [3.05, 3.63) is 59.2 Å². The smallest absolute Gasteiger partial charge is 0.357 e. The number of benzene rings is 1. The zero-order valence-corrected chi connectivity index (χ0v) is 16.5. The number of carbonyl (C=O) groups excluding carboxylic acids is 1. The Hall–Kier alpha value is -3.71. The maximum Gasteiger partial charge on any atom is 0.416 e. The molecule has 8 nitrogen and oxygen atoms in total. The summed E-state index contributed by atoms with van der Waals surface area (Å²) in [7, 11) is 1.54. The number of alkyl halides is 6. The number of aromatic nitrogens is 5. The molecule has 1 amide bonds. The summed E-state index contributed by atoms with van der Waals surface area (Å²) in [6, 6.07) is 1.25. The lowest BCUT2D eigenvalue weighted by atomic mass is 10.0. The zero-order valence-electron chi connectivity index (χ0n) is 16.5. The van der Waals surface area contributed by atoms with Crippen molar-refractivity contribution in [2.45, 2.75) is 25.3 Å². The molecule has 0 unspecified atom stereocenters. The van der Waals surface area contributed by atoms with Crippen LogP contribution in [-0.4, -0.2) is 37.7 Å². The molecule has 1 atom stereocenters. The van der Waals surface area contributed by atoms with E-state index in [9.17, 15) is 31.1 Å². The minimum Gasteiger partial charge on any atom is -0.357 e. The first-order valence-electron chi connectivity index (χ1n) is 8.92. The van der Waals surface area contributed by atoms with Gasteiger partial charge in [-0.25, -0.2) is 9.97 Å². The van der Waals surface area contributed by atoms with E-state index in [-0.39, 0.29) is 23.8 Å². The van der Waals surface area contributed by atoms with Crippen molar-refractivity contribution < 1.29 is 31.1 Å². The SMILES string of the molecule is CNc1nc([C@H](C)NC(=O)c2cc(C(F)(F)F)cc(C(F)(F)F)c2)nn1-c1ncccn1. The van der Waals surface area contributed by atoms with E-state index in [1.165, 1.54) is 31.0 Å². The predicted molar refractivity (Wildman–Crippen MR) is 98.8 cm³/mol. The second-order valence-electron chi connectivity index (χ2n) is 6.49. The van der Waals surface area contributed by atoms with Gasteiger partial charge < -0.3 is 10.6 Å². The van der Waals surface area contributed by atoms with E-state index < -0.39 is 41.0 Å². The van der Waals surface area contributed by atoms with Crippen LogP contribution in [0.3, 0.4) is 0 Å². The highest BCUT2D eigenvalue weighted by Crippen LogP contribution is 2.36. The molecule has 32 heavy (non-hydrogen) atoms. The molecule has 2 N–H and O–H groups in total. The minimum atomic E-state index is -5.07. The molecular weight excluding hydrogens is 444 g/mol. The van der Waals surface area contributed by atoms with Crippen LogP contribution < -0.4 is 10.6 Å². The van der Waals surface area contributed by atoms with Gasteiger partial charge in [-0.15, -0.1) is 5.10 Å². The van der Waals surface area contributed by atoms with Gasteiger partial charge in [-0.1, -0.05) is 0 Å². The summed E-state index contributed by atoms with van der Waals surface area (Å²) >= 11 is 0. The number of nitrogens with zero attached hydrogens (tertiary/aromatic N) is 5. The Bertz CT molecular complexity index is 1080. The van der Waals surface area contributed by atoms with Gasteiger partial charge in [-0.3, -0.25) is 4.79 Å². The fourth-order valence-corrected chi connectivity index (χ4v) is 2.64. The second kappa shape index (κ2) is 8.43. The Morgan fingerprint density at radius 2 is 1.56 bits per heavy atom. The first-order valence-corrected chi connectivity index (χ1v) is 8.92. The molecule has 0 saturated heterocycles. The lowest BCUT2D eigenvalue weighted by molar-refractivity contribution is -0.143. The van der Waals surface area contributed by atoms with Gasteiger partial charge in [0, 0.05) is 25.0 Å². The summed E-state index contributed by atoms with van der Waals surface area (Å²) in [6.45, 7) is 1.42. The Labute approximate surface area is 176 Å². The quantitative estimate of drug-likeness (QED) is 0.566. The minimum absolute atomic E-state index is 0.0261. The van der Waals surface area contributed by atoms with Gasteiger partial charge in [0.2, 0.25) is 5.95 Å². The summed E-state index contributed by atoms with van der Waals surface area (Å²) < 4.78 is 79.4. The van der Waals surface area contributed by atoms with Gasteiger partial charge in [0.25, 0.3) is 11.9 Å². The Morgan fingerprint density at radius 3 is 2.06 bits per heavy atom. The molecule has 0 aliphatic rings. The van der Waals surface area contributed by atoms with Gasteiger partial charge in [0.05, 0.1) is 17.2 Å². The average molecular weight is 459 g/mol. The van der Waals surface area contributed by atoms with E-state index in [0.717, 1.165) is 0 Å². The van der Waals surface area contributed by atoms with Crippen molar-refractivity contribution in [1.29, 1.82) is 0 Å². The van der Waals surface area contributed by atoms with Crippen LogP contribution in [0.15, 0.2) is 36.7 Å². The van der Waals surface area contributed by atoms with Crippen molar-refractivity contribution in [2.75, 3.05) is 12.4 Å². The van der Waals surface area contributed by atoms with Crippen molar-refractivity contribution in [1.82, 2.24) is 30.0 Å². The molecule has 0 aliphatic heterocycles. The van der Waals surface area contributed by atoms with Crippen molar-refractivity contribution in [2.24, 2.45) is 0 Å². The number of hydrogen-bond donors (Lipinski definition) is 2. The van der Waals surface area contributed by atoms with E-state index in [1.807, 2.05) is 0 Å². The molecule has 1 aromatic carbocycles. The monoisotopic (exact) mass is 459 g/mol. The lowest BCUT2D eigenvalue weighted by Crippen LogP contribution is -2.28. The summed E-state index contributed by atoms with van der Waals surface area (Å²) in [6.07, 6.45) is -7.22. The van der Waals surface area contributed by atoms with Crippen LogP contribution in [-0.2, 0) is 12.4 Å². The lowest BCUT2D eigenvalue weighted by Gasteiger charge is -2.15. The van der Waals surface area contributed by atoms with Crippen molar-refractivity contribution in [3.63, 3.8) is 0 Å². The third-order valence-electron chi connectivity index (χ3n) is 4.17. The van der Waals surface area contributed by atoms with E-state index in [2.05, 4.69) is 30.7 Å². The highest BCUT2D eigenvalue weighted by molar-refractivity contribution is 5.94. The molecule has 0 saturated carbocycles. The maximum absolute atomic E-state index is 13.0. The Kier molecular flexibility index (Phi) is 6.05. The van der Waals surface area contributed by atoms with Crippen molar-refractivity contribution >= 4 is 11.9 Å². The third kappa shape index (κ3) is 4.95. The zero-order chi connectivity index (χ0) is 23.7. The fourth-order valence-electron chi connectivity index (χ4n) is 2.64. The molecular formula is C18H15F6N7O. The fraction of sp³-hybridized carbons (Fsp3) is 0.278. The average Bonchev–Trinajstić information content (AvgIpc) is 3.17. The van der Waals surface area contributed by atoms with Gasteiger partial charge in [0.1, 0.15) is 0 Å². The summed E-state index contributed by atoms with van der Waals surface area (Å²) in [5.74, 6) is -0.779. The second-order valence-corrected chi connectivity index (χ2v) is 6.49. The molecule has 2 aromatic heterocycles. The van der Waals surface area contributed by atoms with E-state index in [0.29, 0.717) is 12.1 Å². The van der Waals surface area contributed by atoms with Gasteiger partial charge in [-0.05, 0) is 31.2 Å². The number of rotatable bonds is 5. The first-order chi connectivity index (χ1) is 14.9. The van der Waals surface area contributed by atoms with Gasteiger partial charge in [0.15, 0.2) is 5.82 Å². The van der Waals surface area contributed by atoms with Gasteiger partial charge in [-0.2, -0.15) is 36.0 Å². The molecule has 3 aromatic rings. The van der Waals surface area contributed by atoms with E-state index in [1.54, 1.807) is 6.07 Å².